The summed E-state index contributed by atoms with van der Waals surface area (Å²) in [5, 5.41) is 4.18. The van der Waals surface area contributed by atoms with Crippen molar-refractivity contribution in [2.24, 2.45) is 0 Å². The van der Waals surface area contributed by atoms with Gasteiger partial charge in [-0.1, -0.05) is 18.2 Å². The number of piperazine rings is 1. The van der Waals surface area contributed by atoms with Crippen molar-refractivity contribution in [2.45, 2.75) is 11.4 Å². The van der Waals surface area contributed by atoms with E-state index in [9.17, 15) is 17.6 Å². The number of benzene rings is 2. The Kier molecular flexibility index (Phi) is 6.35. The summed E-state index contributed by atoms with van der Waals surface area (Å²) in [5.74, 6) is -0.878. The minimum atomic E-state index is -4.03. The van der Waals surface area contributed by atoms with Crippen LogP contribution in [0.1, 0.15) is 15.9 Å². The van der Waals surface area contributed by atoms with Crippen LogP contribution in [0.2, 0.25) is 0 Å². The van der Waals surface area contributed by atoms with E-state index < -0.39 is 15.8 Å². The highest BCUT2D eigenvalue weighted by molar-refractivity contribution is 7.92. The fourth-order valence-electron chi connectivity index (χ4n) is 3.48. The number of amides is 1. The molecule has 3 aromatic rings. The van der Waals surface area contributed by atoms with Gasteiger partial charge in [0.05, 0.1) is 10.6 Å². The molecule has 1 aromatic heterocycles. The second-order valence-electron chi connectivity index (χ2n) is 7.31. The first-order valence-corrected chi connectivity index (χ1v) is 12.2. The summed E-state index contributed by atoms with van der Waals surface area (Å²) in [6.07, 6.45) is 0. The topological polar surface area (TPSA) is 69.7 Å². The van der Waals surface area contributed by atoms with Crippen LogP contribution in [0.3, 0.4) is 0 Å². The summed E-state index contributed by atoms with van der Waals surface area (Å²) in [4.78, 5) is 16.9. The molecule has 6 nitrogen and oxygen atoms in total. The maximum absolute atomic E-state index is 13.8. The van der Waals surface area contributed by atoms with E-state index in [1.54, 1.807) is 28.4 Å². The van der Waals surface area contributed by atoms with Gasteiger partial charge in [0, 0.05) is 38.3 Å². The number of hydrogen-bond donors (Lipinski definition) is 1. The highest BCUT2D eigenvalue weighted by Gasteiger charge is 2.24. The van der Waals surface area contributed by atoms with Crippen LogP contribution in [0.15, 0.2) is 70.3 Å². The minimum Gasteiger partial charge on any atom is -0.336 e. The highest BCUT2D eigenvalue weighted by Crippen LogP contribution is 2.21. The van der Waals surface area contributed by atoms with Gasteiger partial charge >= 0.3 is 0 Å². The van der Waals surface area contributed by atoms with Gasteiger partial charge in [-0.15, -0.1) is 0 Å². The Hall–Kier alpha value is -2.75. The Morgan fingerprint density at radius 2 is 1.81 bits per heavy atom. The SMILES string of the molecule is O=C(c1cccc(S(=O)(=O)Nc2ccccc2F)c1)N1CCN(Cc2ccsc2)CC1. The fourth-order valence-corrected chi connectivity index (χ4v) is 5.25. The lowest BCUT2D eigenvalue weighted by Crippen LogP contribution is -2.48. The molecule has 9 heteroatoms. The van der Waals surface area contributed by atoms with Crippen molar-refractivity contribution >= 4 is 33.0 Å². The zero-order valence-electron chi connectivity index (χ0n) is 16.7. The van der Waals surface area contributed by atoms with Crippen LogP contribution in [0.25, 0.3) is 0 Å². The van der Waals surface area contributed by atoms with Gasteiger partial charge in [-0.05, 0) is 52.7 Å². The summed E-state index contributed by atoms with van der Waals surface area (Å²) in [7, 11) is -4.03. The molecule has 0 radical (unpaired) electrons. The van der Waals surface area contributed by atoms with Gasteiger partial charge in [0.15, 0.2) is 0 Å². The number of nitrogens with one attached hydrogen (secondary N) is 1. The number of anilines is 1. The maximum atomic E-state index is 13.8. The molecule has 1 fully saturated rings. The molecule has 1 aliphatic rings. The predicted molar refractivity (Wildman–Crippen MR) is 119 cm³/mol. The first-order chi connectivity index (χ1) is 14.9. The van der Waals surface area contributed by atoms with E-state index >= 15 is 0 Å². The summed E-state index contributed by atoms with van der Waals surface area (Å²) >= 11 is 1.67. The fraction of sp³-hybridized carbons (Fsp3) is 0.227. The number of carbonyl (C=O) groups excluding carboxylic acids is 1. The third kappa shape index (κ3) is 5.12. The normalized spacial score (nSPS) is 15.1. The van der Waals surface area contributed by atoms with E-state index in [2.05, 4.69) is 26.4 Å². The number of sulfonamides is 1. The van der Waals surface area contributed by atoms with E-state index in [1.807, 2.05) is 0 Å². The Bertz CT molecular complexity index is 1160. The molecule has 4 rings (SSSR count). The monoisotopic (exact) mass is 459 g/mol. The molecule has 2 heterocycles. The van der Waals surface area contributed by atoms with Crippen molar-refractivity contribution in [1.29, 1.82) is 0 Å². The van der Waals surface area contributed by atoms with Crippen molar-refractivity contribution in [1.82, 2.24) is 9.80 Å². The lowest BCUT2D eigenvalue weighted by Gasteiger charge is -2.34. The lowest BCUT2D eigenvalue weighted by atomic mass is 10.1. The van der Waals surface area contributed by atoms with E-state index in [1.165, 1.54) is 42.0 Å². The second kappa shape index (κ2) is 9.17. The largest absolute Gasteiger partial charge is 0.336 e. The van der Waals surface area contributed by atoms with Gasteiger partial charge in [0.1, 0.15) is 5.82 Å². The molecule has 0 aliphatic carbocycles. The van der Waals surface area contributed by atoms with E-state index in [0.717, 1.165) is 19.6 Å². The quantitative estimate of drug-likeness (QED) is 0.611. The first kappa shape index (κ1) is 21.5. The van der Waals surface area contributed by atoms with Crippen molar-refractivity contribution in [3.8, 4) is 0 Å². The number of thiophene rings is 1. The molecule has 0 saturated carbocycles. The van der Waals surface area contributed by atoms with Crippen molar-refractivity contribution in [3.63, 3.8) is 0 Å². The van der Waals surface area contributed by atoms with Crippen LogP contribution in [0.5, 0.6) is 0 Å². The molecule has 31 heavy (non-hydrogen) atoms. The minimum absolute atomic E-state index is 0.0855. The van der Waals surface area contributed by atoms with Crippen molar-refractivity contribution in [3.05, 3.63) is 82.3 Å². The molecule has 0 atom stereocenters. The zero-order chi connectivity index (χ0) is 21.8. The van der Waals surface area contributed by atoms with Gasteiger partial charge in [0.25, 0.3) is 15.9 Å². The smallest absolute Gasteiger partial charge is 0.262 e. The van der Waals surface area contributed by atoms with Crippen LogP contribution in [0.4, 0.5) is 10.1 Å². The molecule has 2 aromatic carbocycles. The van der Waals surface area contributed by atoms with E-state index in [-0.39, 0.29) is 16.5 Å². The van der Waals surface area contributed by atoms with Crippen LogP contribution in [-0.4, -0.2) is 50.3 Å². The average molecular weight is 460 g/mol. The lowest BCUT2D eigenvalue weighted by molar-refractivity contribution is 0.0628. The number of para-hydroxylation sites is 1. The Balaban J connectivity index is 1.43. The van der Waals surface area contributed by atoms with Crippen LogP contribution in [-0.2, 0) is 16.6 Å². The second-order valence-corrected chi connectivity index (χ2v) is 9.78. The van der Waals surface area contributed by atoms with Gasteiger partial charge < -0.3 is 4.90 Å². The van der Waals surface area contributed by atoms with Crippen LogP contribution < -0.4 is 4.72 Å². The van der Waals surface area contributed by atoms with Crippen molar-refractivity contribution < 1.29 is 17.6 Å². The van der Waals surface area contributed by atoms with Gasteiger partial charge in [0.2, 0.25) is 0 Å². The van der Waals surface area contributed by atoms with Gasteiger partial charge in [-0.2, -0.15) is 11.3 Å². The number of nitrogens with zero attached hydrogens (tertiary/aromatic N) is 2. The molecular formula is C22H22FN3O3S2. The molecule has 162 valence electrons. The van der Waals surface area contributed by atoms with E-state index in [4.69, 9.17) is 0 Å². The molecule has 0 unspecified atom stereocenters. The molecular weight excluding hydrogens is 437 g/mol. The van der Waals surface area contributed by atoms with Crippen LogP contribution >= 0.6 is 11.3 Å². The van der Waals surface area contributed by atoms with E-state index in [0.29, 0.717) is 18.7 Å². The van der Waals surface area contributed by atoms with Crippen molar-refractivity contribution in [2.75, 3.05) is 30.9 Å². The predicted octanol–water partition coefficient (Wildman–Crippen LogP) is 3.65. The third-order valence-electron chi connectivity index (χ3n) is 5.16. The standard InChI is InChI=1S/C22H22FN3O3S2/c23-20-6-1-2-7-21(20)24-31(28,29)19-5-3-4-18(14-19)22(27)26-11-9-25(10-12-26)15-17-8-13-30-16-17/h1-8,13-14,16,24H,9-12,15H2. The number of halogens is 1. The molecule has 1 amide bonds. The number of rotatable bonds is 6. The summed E-state index contributed by atoms with van der Waals surface area (Å²) in [5.41, 5.74) is 1.42. The molecule has 1 aliphatic heterocycles. The molecule has 1 saturated heterocycles. The first-order valence-electron chi connectivity index (χ1n) is 9.82. The highest BCUT2D eigenvalue weighted by atomic mass is 32.2. The molecule has 1 N–H and O–H groups in total. The third-order valence-corrected chi connectivity index (χ3v) is 7.25. The Morgan fingerprint density at radius 1 is 1.03 bits per heavy atom. The van der Waals surface area contributed by atoms with Crippen LogP contribution in [0, 0.1) is 5.82 Å². The number of carbonyl (C=O) groups is 1. The summed E-state index contributed by atoms with van der Waals surface area (Å²) in [6.45, 7) is 3.53. The summed E-state index contributed by atoms with van der Waals surface area (Å²) < 4.78 is 41.5. The number of hydrogen-bond acceptors (Lipinski definition) is 5. The maximum Gasteiger partial charge on any atom is 0.262 e. The average Bonchev–Trinajstić information content (AvgIpc) is 3.28. The molecule has 0 bridgehead atoms. The Labute approximate surface area is 185 Å². The van der Waals surface area contributed by atoms with Gasteiger partial charge in [-0.25, -0.2) is 12.8 Å². The van der Waals surface area contributed by atoms with Gasteiger partial charge in [-0.3, -0.25) is 14.4 Å². The molecule has 0 spiro atoms. The zero-order valence-corrected chi connectivity index (χ0v) is 18.3. The summed E-state index contributed by atoms with van der Waals surface area (Å²) in [6, 6.07) is 13.5. The Morgan fingerprint density at radius 3 is 2.52 bits per heavy atom.